The molecule has 0 aliphatic heterocycles. The molecule has 0 aliphatic rings. The standard InChI is InChI=1S/C11H10N2O/c1-2-3-11(13-14)10-6-4-9(8-12)5-7-10/h2,4-7,14H,1,3H2/b13-11+. The summed E-state index contributed by atoms with van der Waals surface area (Å²) >= 11 is 0. The molecule has 1 N–H and O–H groups in total. The van der Waals surface area contributed by atoms with E-state index >= 15 is 0 Å². The molecule has 1 aromatic rings. The van der Waals surface area contributed by atoms with Crippen molar-refractivity contribution in [3.05, 3.63) is 48.0 Å². The molecular formula is C11H10N2O. The molecular weight excluding hydrogens is 176 g/mol. The molecule has 0 spiro atoms. The normalized spacial score (nSPS) is 10.6. The van der Waals surface area contributed by atoms with E-state index in [1.807, 2.05) is 6.07 Å². The molecule has 0 amide bonds. The molecule has 0 heterocycles. The highest BCUT2D eigenvalue weighted by Crippen LogP contribution is 2.07. The Labute approximate surface area is 82.6 Å². The molecule has 0 saturated heterocycles. The van der Waals surface area contributed by atoms with Crippen LogP contribution in [0, 0.1) is 11.3 Å². The van der Waals surface area contributed by atoms with Gasteiger partial charge in [0.1, 0.15) is 0 Å². The zero-order valence-electron chi connectivity index (χ0n) is 7.64. The van der Waals surface area contributed by atoms with Gasteiger partial charge < -0.3 is 5.21 Å². The zero-order chi connectivity index (χ0) is 10.4. The summed E-state index contributed by atoms with van der Waals surface area (Å²) in [6.45, 7) is 3.56. The molecule has 1 rings (SSSR count). The Balaban J connectivity index is 2.96. The quantitative estimate of drug-likeness (QED) is 0.341. The van der Waals surface area contributed by atoms with Crippen molar-refractivity contribution in [2.75, 3.05) is 0 Å². The van der Waals surface area contributed by atoms with Crippen LogP contribution in [0.25, 0.3) is 0 Å². The first kappa shape index (κ1) is 10.0. The molecule has 0 aliphatic carbocycles. The third-order valence-corrected chi connectivity index (χ3v) is 1.81. The number of rotatable bonds is 3. The van der Waals surface area contributed by atoms with Crippen LogP contribution in [0.4, 0.5) is 0 Å². The van der Waals surface area contributed by atoms with Gasteiger partial charge in [0.25, 0.3) is 0 Å². The molecule has 0 radical (unpaired) electrons. The van der Waals surface area contributed by atoms with Gasteiger partial charge in [-0.25, -0.2) is 0 Å². The number of oxime groups is 1. The van der Waals surface area contributed by atoms with Crippen LogP contribution in [0.3, 0.4) is 0 Å². The van der Waals surface area contributed by atoms with Crippen molar-refractivity contribution in [2.45, 2.75) is 6.42 Å². The van der Waals surface area contributed by atoms with Crippen molar-refractivity contribution in [1.29, 1.82) is 5.26 Å². The lowest BCUT2D eigenvalue weighted by molar-refractivity contribution is 0.318. The van der Waals surface area contributed by atoms with E-state index in [-0.39, 0.29) is 0 Å². The molecule has 70 valence electrons. The maximum atomic E-state index is 8.71. The van der Waals surface area contributed by atoms with Crippen LogP contribution in [0.2, 0.25) is 0 Å². The van der Waals surface area contributed by atoms with Gasteiger partial charge in [0.05, 0.1) is 17.3 Å². The molecule has 0 fully saturated rings. The second kappa shape index (κ2) is 4.83. The maximum Gasteiger partial charge on any atom is 0.0991 e. The molecule has 3 heteroatoms. The smallest absolute Gasteiger partial charge is 0.0991 e. The number of nitriles is 1. The van der Waals surface area contributed by atoms with Crippen LogP contribution in [0.5, 0.6) is 0 Å². The fourth-order valence-corrected chi connectivity index (χ4v) is 1.09. The monoisotopic (exact) mass is 186 g/mol. The van der Waals surface area contributed by atoms with Crippen LogP contribution in [0.15, 0.2) is 42.1 Å². The fourth-order valence-electron chi connectivity index (χ4n) is 1.09. The molecule has 14 heavy (non-hydrogen) atoms. The van der Waals surface area contributed by atoms with Gasteiger partial charge in [-0.3, -0.25) is 0 Å². The summed E-state index contributed by atoms with van der Waals surface area (Å²) in [6, 6.07) is 8.88. The van der Waals surface area contributed by atoms with E-state index < -0.39 is 0 Å². The van der Waals surface area contributed by atoms with Gasteiger partial charge in [0.15, 0.2) is 0 Å². The highest BCUT2D eigenvalue weighted by Gasteiger charge is 2.01. The Morgan fingerprint density at radius 2 is 2.14 bits per heavy atom. The highest BCUT2D eigenvalue weighted by molar-refractivity contribution is 6.01. The SMILES string of the molecule is C=CC/C(=N\O)c1ccc(C#N)cc1. The minimum absolute atomic E-state index is 0.502. The molecule has 0 atom stereocenters. The first-order valence-electron chi connectivity index (χ1n) is 4.14. The molecule has 3 nitrogen and oxygen atoms in total. The molecule has 1 aromatic carbocycles. The van der Waals surface area contributed by atoms with Gasteiger partial charge in [-0.05, 0) is 17.7 Å². The lowest BCUT2D eigenvalue weighted by Gasteiger charge is -2.00. The Morgan fingerprint density at radius 3 is 2.57 bits per heavy atom. The second-order valence-electron chi connectivity index (χ2n) is 2.73. The predicted molar refractivity (Wildman–Crippen MR) is 54.3 cm³/mol. The average molecular weight is 186 g/mol. The minimum atomic E-state index is 0.502. The first-order valence-corrected chi connectivity index (χ1v) is 4.14. The van der Waals surface area contributed by atoms with Crippen molar-refractivity contribution >= 4 is 5.71 Å². The van der Waals surface area contributed by atoms with Crippen molar-refractivity contribution in [1.82, 2.24) is 0 Å². The van der Waals surface area contributed by atoms with Gasteiger partial charge in [0.2, 0.25) is 0 Å². The number of hydrogen-bond acceptors (Lipinski definition) is 3. The van der Waals surface area contributed by atoms with Crippen LogP contribution >= 0.6 is 0 Å². The Hall–Kier alpha value is -2.08. The molecule has 0 bridgehead atoms. The summed E-state index contributed by atoms with van der Waals surface area (Å²) < 4.78 is 0. The van der Waals surface area contributed by atoms with Crippen molar-refractivity contribution in [3.63, 3.8) is 0 Å². The van der Waals surface area contributed by atoms with Crippen LogP contribution in [0.1, 0.15) is 17.5 Å². The second-order valence-corrected chi connectivity index (χ2v) is 2.73. The first-order chi connectivity index (χ1) is 6.81. The molecule has 0 saturated carbocycles. The van der Waals surface area contributed by atoms with E-state index in [4.69, 9.17) is 10.5 Å². The summed E-state index contributed by atoms with van der Waals surface area (Å²) in [5, 5.41) is 20.5. The lowest BCUT2D eigenvalue weighted by Crippen LogP contribution is -1.98. The number of hydrogen-bond donors (Lipinski definition) is 1. The number of nitrogens with zero attached hydrogens (tertiary/aromatic N) is 2. The summed E-state index contributed by atoms with van der Waals surface area (Å²) in [7, 11) is 0. The minimum Gasteiger partial charge on any atom is -0.411 e. The number of allylic oxidation sites excluding steroid dienone is 1. The molecule has 0 aromatic heterocycles. The summed E-state index contributed by atoms with van der Waals surface area (Å²) in [5.74, 6) is 0. The van der Waals surface area contributed by atoms with E-state index in [9.17, 15) is 0 Å². The van der Waals surface area contributed by atoms with Gasteiger partial charge in [-0.15, -0.1) is 6.58 Å². The lowest BCUT2D eigenvalue weighted by atomic mass is 10.1. The van der Waals surface area contributed by atoms with Gasteiger partial charge in [-0.1, -0.05) is 23.4 Å². The van der Waals surface area contributed by atoms with Crippen molar-refractivity contribution in [3.8, 4) is 6.07 Å². The average Bonchev–Trinajstić information content (AvgIpc) is 2.26. The molecule has 0 unspecified atom stereocenters. The third-order valence-electron chi connectivity index (χ3n) is 1.81. The fraction of sp³-hybridized carbons (Fsp3) is 0.0909. The van der Waals surface area contributed by atoms with E-state index in [0.29, 0.717) is 17.7 Å². The van der Waals surface area contributed by atoms with E-state index in [2.05, 4.69) is 11.7 Å². The van der Waals surface area contributed by atoms with Crippen LogP contribution < -0.4 is 0 Å². The summed E-state index contributed by atoms with van der Waals surface area (Å²) in [4.78, 5) is 0. The zero-order valence-corrected chi connectivity index (χ0v) is 7.64. The van der Waals surface area contributed by atoms with Crippen molar-refractivity contribution < 1.29 is 5.21 Å². The van der Waals surface area contributed by atoms with E-state index in [1.54, 1.807) is 30.3 Å². The Morgan fingerprint density at radius 1 is 1.50 bits per heavy atom. The van der Waals surface area contributed by atoms with Gasteiger partial charge in [-0.2, -0.15) is 5.26 Å². The topological polar surface area (TPSA) is 56.4 Å². The van der Waals surface area contributed by atoms with Gasteiger partial charge in [0, 0.05) is 6.42 Å². The predicted octanol–water partition coefficient (Wildman–Crippen LogP) is 2.31. The van der Waals surface area contributed by atoms with Gasteiger partial charge >= 0.3 is 0 Å². The third kappa shape index (κ3) is 2.20. The number of benzene rings is 1. The Kier molecular flexibility index (Phi) is 3.45. The van der Waals surface area contributed by atoms with Crippen LogP contribution in [-0.2, 0) is 0 Å². The summed E-state index contributed by atoms with van der Waals surface area (Å²) in [6.07, 6.45) is 2.16. The highest BCUT2D eigenvalue weighted by atomic mass is 16.4. The maximum absolute atomic E-state index is 8.71. The van der Waals surface area contributed by atoms with E-state index in [1.165, 1.54) is 0 Å². The summed E-state index contributed by atoms with van der Waals surface area (Å²) in [5.41, 5.74) is 1.93. The van der Waals surface area contributed by atoms with Crippen molar-refractivity contribution in [2.24, 2.45) is 5.16 Å². The largest absolute Gasteiger partial charge is 0.411 e. The van der Waals surface area contributed by atoms with Crippen LogP contribution in [-0.4, -0.2) is 10.9 Å². The Bertz CT molecular complexity index is 385. The van der Waals surface area contributed by atoms with E-state index in [0.717, 1.165) is 5.56 Å².